The zero-order chi connectivity index (χ0) is 24.1. The second kappa shape index (κ2) is 11.7. The number of carbonyl (C=O) groups excluding carboxylic acids is 1. The Bertz CT molecular complexity index is 1320. The summed E-state index contributed by atoms with van der Waals surface area (Å²) in [5.41, 5.74) is 5.12. The van der Waals surface area contributed by atoms with Crippen LogP contribution in [0, 0.1) is 0 Å². The van der Waals surface area contributed by atoms with Crippen LogP contribution in [-0.2, 0) is 4.74 Å². The molecule has 3 heterocycles. The average molecular weight is 491 g/mol. The van der Waals surface area contributed by atoms with Gasteiger partial charge in [-0.05, 0) is 30.7 Å². The zero-order valence-corrected chi connectivity index (χ0v) is 21.2. The number of ether oxygens (including phenoxy) is 1. The lowest BCUT2D eigenvalue weighted by Crippen LogP contribution is -2.18. The van der Waals surface area contributed by atoms with Gasteiger partial charge in [-0.2, -0.15) is 13.5 Å². The summed E-state index contributed by atoms with van der Waals surface area (Å²) in [6, 6.07) is 13.5. The molecule has 0 aliphatic heterocycles. The highest BCUT2D eigenvalue weighted by molar-refractivity contribution is 7.59. The highest BCUT2D eigenvalue weighted by Gasteiger charge is 2.15. The van der Waals surface area contributed by atoms with Crippen molar-refractivity contribution in [2.24, 2.45) is 0 Å². The maximum Gasteiger partial charge on any atom is 0.251 e. The van der Waals surface area contributed by atoms with Crippen LogP contribution in [0.2, 0.25) is 0 Å². The third kappa shape index (κ3) is 5.75. The standard InChI is InChI=1S/C26H28N6O2.H2S/c1-16(19-6-5-7-20-21(26(33)27-3)9-11-29-25(19)20)14-30-24-13-23(31-15-32-24)18-8-10-28-22(12-18)17(2)34-4;/h5-13,15-17H,14H2,1-4H3,(H,27,33)(H,30,31,32);1H2/t16-,17-;/m1./s1. The Hall–Kier alpha value is -3.56. The fraction of sp³-hybridized carbons (Fsp3) is 0.269. The number of aromatic nitrogens is 4. The molecular formula is C26H30N6O2S. The van der Waals surface area contributed by atoms with Gasteiger partial charge in [0.15, 0.2) is 0 Å². The predicted octanol–water partition coefficient (Wildman–Crippen LogP) is 4.48. The van der Waals surface area contributed by atoms with E-state index in [1.165, 1.54) is 0 Å². The van der Waals surface area contributed by atoms with Crippen molar-refractivity contribution in [2.45, 2.75) is 25.9 Å². The maximum absolute atomic E-state index is 12.3. The van der Waals surface area contributed by atoms with Crippen molar-refractivity contribution < 1.29 is 9.53 Å². The van der Waals surface area contributed by atoms with E-state index in [0.717, 1.165) is 39.2 Å². The minimum absolute atomic E-state index is 0. The van der Waals surface area contributed by atoms with Crippen molar-refractivity contribution in [3.8, 4) is 11.3 Å². The van der Waals surface area contributed by atoms with Crippen LogP contribution < -0.4 is 10.6 Å². The molecule has 0 spiro atoms. The summed E-state index contributed by atoms with van der Waals surface area (Å²) in [6.45, 7) is 4.73. The highest BCUT2D eigenvalue weighted by atomic mass is 32.1. The summed E-state index contributed by atoms with van der Waals surface area (Å²) < 4.78 is 5.38. The molecule has 8 nitrogen and oxygen atoms in total. The van der Waals surface area contributed by atoms with E-state index >= 15 is 0 Å². The number of para-hydroxylation sites is 1. The van der Waals surface area contributed by atoms with Crippen LogP contribution in [-0.4, -0.2) is 46.5 Å². The number of hydrogen-bond acceptors (Lipinski definition) is 7. The molecule has 0 unspecified atom stereocenters. The molecule has 9 heteroatoms. The van der Waals surface area contributed by atoms with Gasteiger partial charge in [-0.1, -0.05) is 25.1 Å². The van der Waals surface area contributed by atoms with Crippen LogP contribution >= 0.6 is 13.5 Å². The van der Waals surface area contributed by atoms with Gasteiger partial charge in [0.25, 0.3) is 5.91 Å². The second-order valence-electron chi connectivity index (χ2n) is 8.10. The lowest BCUT2D eigenvalue weighted by atomic mass is 9.96. The summed E-state index contributed by atoms with van der Waals surface area (Å²) in [7, 11) is 3.30. The van der Waals surface area contributed by atoms with Crippen LogP contribution in [0.15, 0.2) is 61.2 Å². The Kier molecular flexibility index (Phi) is 8.73. The lowest BCUT2D eigenvalue weighted by molar-refractivity contribution is 0.0964. The van der Waals surface area contributed by atoms with Crippen molar-refractivity contribution in [3.63, 3.8) is 0 Å². The van der Waals surface area contributed by atoms with E-state index in [-0.39, 0.29) is 31.4 Å². The molecule has 1 aromatic carbocycles. The number of rotatable bonds is 8. The fourth-order valence-corrected chi connectivity index (χ4v) is 3.86. The highest BCUT2D eigenvalue weighted by Crippen LogP contribution is 2.27. The Balaban J connectivity index is 0.00000342. The zero-order valence-electron chi connectivity index (χ0n) is 20.2. The van der Waals surface area contributed by atoms with Crippen molar-refractivity contribution in [1.82, 2.24) is 25.3 Å². The number of amides is 1. The Morgan fingerprint density at radius 1 is 1.03 bits per heavy atom. The van der Waals surface area contributed by atoms with Crippen molar-refractivity contribution >= 4 is 36.1 Å². The van der Waals surface area contributed by atoms with Gasteiger partial charge in [-0.3, -0.25) is 14.8 Å². The first kappa shape index (κ1) is 26.1. The first-order valence-electron chi connectivity index (χ1n) is 11.2. The first-order chi connectivity index (χ1) is 16.5. The molecule has 0 aliphatic carbocycles. The minimum Gasteiger partial charge on any atom is -0.375 e. The normalized spacial score (nSPS) is 12.5. The van der Waals surface area contributed by atoms with Gasteiger partial charge < -0.3 is 15.4 Å². The van der Waals surface area contributed by atoms with Gasteiger partial charge in [-0.25, -0.2) is 9.97 Å². The van der Waals surface area contributed by atoms with Gasteiger partial charge in [0.05, 0.1) is 28.6 Å². The predicted molar refractivity (Wildman–Crippen MR) is 143 cm³/mol. The van der Waals surface area contributed by atoms with Gasteiger partial charge in [-0.15, -0.1) is 0 Å². The number of pyridine rings is 2. The maximum atomic E-state index is 12.3. The van der Waals surface area contributed by atoms with Crippen LogP contribution in [0.1, 0.15) is 47.5 Å². The van der Waals surface area contributed by atoms with Crippen LogP contribution in [0.4, 0.5) is 5.82 Å². The van der Waals surface area contributed by atoms with E-state index in [9.17, 15) is 4.79 Å². The number of benzene rings is 1. The molecule has 0 radical (unpaired) electrons. The average Bonchev–Trinajstić information content (AvgIpc) is 2.90. The number of carbonyl (C=O) groups is 1. The quantitative estimate of drug-likeness (QED) is 0.375. The summed E-state index contributed by atoms with van der Waals surface area (Å²) in [5, 5.41) is 6.95. The van der Waals surface area contributed by atoms with Crippen molar-refractivity contribution in [2.75, 3.05) is 26.0 Å². The fourth-order valence-electron chi connectivity index (χ4n) is 3.86. The molecule has 3 aromatic heterocycles. The molecular weight excluding hydrogens is 460 g/mol. The van der Waals surface area contributed by atoms with E-state index in [2.05, 4.69) is 43.6 Å². The molecule has 0 saturated heterocycles. The molecule has 2 atom stereocenters. The van der Waals surface area contributed by atoms with Crippen molar-refractivity contribution in [3.05, 3.63) is 78.0 Å². The van der Waals surface area contributed by atoms with Gasteiger partial charge in [0.2, 0.25) is 0 Å². The third-order valence-electron chi connectivity index (χ3n) is 5.91. The van der Waals surface area contributed by atoms with E-state index < -0.39 is 0 Å². The van der Waals surface area contributed by atoms with E-state index in [0.29, 0.717) is 12.1 Å². The molecule has 0 bridgehead atoms. The number of anilines is 1. The van der Waals surface area contributed by atoms with Gasteiger partial charge in [0, 0.05) is 56.0 Å². The summed E-state index contributed by atoms with van der Waals surface area (Å²) >= 11 is 0. The lowest BCUT2D eigenvalue weighted by Gasteiger charge is -2.16. The van der Waals surface area contributed by atoms with Crippen LogP contribution in [0.5, 0.6) is 0 Å². The molecule has 0 fully saturated rings. The Morgan fingerprint density at radius 3 is 2.60 bits per heavy atom. The number of fused-ring (bicyclic) bond motifs is 1. The number of nitrogens with one attached hydrogen (secondary N) is 2. The molecule has 182 valence electrons. The Labute approximate surface area is 212 Å². The second-order valence-corrected chi connectivity index (χ2v) is 8.10. The van der Waals surface area contributed by atoms with E-state index in [1.807, 2.05) is 37.3 Å². The molecule has 0 aliphatic rings. The van der Waals surface area contributed by atoms with Gasteiger partial charge in [0.1, 0.15) is 12.1 Å². The largest absolute Gasteiger partial charge is 0.375 e. The van der Waals surface area contributed by atoms with Crippen LogP contribution in [0.25, 0.3) is 22.2 Å². The van der Waals surface area contributed by atoms with Crippen LogP contribution in [0.3, 0.4) is 0 Å². The SMILES string of the molecule is CNC(=O)c1ccnc2c([C@H](C)CNc3cc(-c4ccnc([C@@H](C)OC)c4)ncn3)cccc12.S. The topological polar surface area (TPSA) is 102 Å². The molecule has 0 saturated carbocycles. The Morgan fingerprint density at radius 2 is 1.83 bits per heavy atom. The first-order valence-corrected chi connectivity index (χ1v) is 11.2. The number of nitrogens with zero attached hydrogens (tertiary/aromatic N) is 4. The summed E-state index contributed by atoms with van der Waals surface area (Å²) in [4.78, 5) is 30.0. The molecule has 2 N–H and O–H groups in total. The molecule has 4 aromatic rings. The molecule has 4 rings (SSSR count). The minimum atomic E-state index is -0.122. The van der Waals surface area contributed by atoms with Crippen molar-refractivity contribution in [1.29, 1.82) is 0 Å². The summed E-state index contributed by atoms with van der Waals surface area (Å²) in [6.07, 6.45) is 4.90. The smallest absolute Gasteiger partial charge is 0.251 e. The number of methoxy groups -OCH3 is 1. The monoisotopic (exact) mass is 490 g/mol. The van der Waals surface area contributed by atoms with Gasteiger partial charge >= 0.3 is 0 Å². The summed E-state index contributed by atoms with van der Waals surface area (Å²) in [5.74, 6) is 0.738. The van der Waals surface area contributed by atoms with E-state index in [1.54, 1.807) is 38.9 Å². The molecule has 35 heavy (non-hydrogen) atoms. The third-order valence-corrected chi connectivity index (χ3v) is 5.91. The van der Waals surface area contributed by atoms with E-state index in [4.69, 9.17) is 4.74 Å². The molecule has 1 amide bonds. The number of hydrogen-bond donors (Lipinski definition) is 2.